The van der Waals surface area contributed by atoms with Crippen LogP contribution < -0.4 is 0 Å². The summed E-state index contributed by atoms with van der Waals surface area (Å²) in [6.45, 7) is 0. The first-order valence-corrected chi connectivity index (χ1v) is 14.4. The fraction of sp³-hybridized carbons (Fsp3) is 0. The molecule has 0 nitrogen and oxygen atoms in total. The molecule has 0 atom stereocenters. The van der Waals surface area contributed by atoms with Gasteiger partial charge in [-0.25, -0.2) is 0 Å². The van der Waals surface area contributed by atoms with E-state index in [1.165, 1.54) is 0 Å². The van der Waals surface area contributed by atoms with Gasteiger partial charge in [-0.2, -0.15) is 0 Å². The van der Waals surface area contributed by atoms with Crippen LogP contribution in [-0.4, -0.2) is 54.6 Å². The van der Waals surface area contributed by atoms with Crippen molar-refractivity contribution in [2.75, 3.05) is 0 Å². The molecule has 0 fully saturated rings. The molecular weight excluding hydrogens is 529 g/mol. The monoisotopic (exact) mass is 540 g/mol. The second kappa shape index (κ2) is 8.16. The summed E-state index contributed by atoms with van der Waals surface area (Å²) >= 11 is -0.759. The molecule has 2 aliphatic rings. The Morgan fingerprint density at radius 2 is 1.00 bits per heavy atom. The molecule has 0 saturated heterocycles. The van der Waals surface area contributed by atoms with Crippen molar-refractivity contribution in [3.63, 3.8) is 0 Å². The molecule has 0 bridgehead atoms. The average molecular weight is 539 g/mol. The molecule has 0 spiro atoms. The molecule has 2 heterocycles. The molecule has 12 heavy (non-hydrogen) atoms. The van der Waals surface area contributed by atoms with Gasteiger partial charge in [-0.1, -0.05) is 0 Å². The molecule has 56 valence electrons. The zero-order chi connectivity index (χ0) is 8.49. The third-order valence-corrected chi connectivity index (χ3v) is 8.24. The minimum absolute atomic E-state index is 0.380. The predicted molar refractivity (Wildman–Crippen MR) is 60.2 cm³/mol. The van der Waals surface area contributed by atoms with E-state index in [0.717, 1.165) is 0 Å². The summed E-state index contributed by atoms with van der Waals surface area (Å²) in [4.78, 5) is 0. The van der Waals surface area contributed by atoms with E-state index in [1.807, 2.05) is 0 Å². The van der Waals surface area contributed by atoms with E-state index in [9.17, 15) is 0 Å². The predicted octanol–water partition coefficient (Wildman–Crippen LogP) is 1.15. The van der Waals surface area contributed by atoms with Gasteiger partial charge in [0.05, 0.1) is 0 Å². The molecule has 0 unspecified atom stereocenters. The second-order valence-electron chi connectivity index (χ2n) is 2.31. The van der Waals surface area contributed by atoms with Crippen molar-refractivity contribution in [2.45, 2.75) is 0 Å². The molecule has 0 amide bonds. The summed E-state index contributed by atoms with van der Waals surface area (Å²) in [7, 11) is 0. The van der Waals surface area contributed by atoms with Gasteiger partial charge in [0.2, 0.25) is 0 Å². The number of rotatable bonds is 0. The van der Waals surface area contributed by atoms with Crippen molar-refractivity contribution >= 4 is 54.6 Å². The third kappa shape index (κ3) is 6.10. The Hall–Kier alpha value is 0.544. The van der Waals surface area contributed by atoms with Gasteiger partial charge in [0.15, 0.2) is 0 Å². The van der Waals surface area contributed by atoms with E-state index < -0.39 is 0 Å². The number of hydrogen-bond acceptors (Lipinski definition) is 0. The molecule has 0 saturated carbocycles. The van der Waals surface area contributed by atoms with E-state index in [0.29, 0.717) is 0 Å². The van der Waals surface area contributed by atoms with Gasteiger partial charge in [0.25, 0.3) is 0 Å². The summed E-state index contributed by atoms with van der Waals surface area (Å²) in [5.74, 6) is 0. The van der Waals surface area contributed by atoms with Gasteiger partial charge in [-0.05, 0) is 0 Å². The first-order valence-electron chi connectivity index (χ1n) is 4.00. The van der Waals surface area contributed by atoms with E-state index in [2.05, 4.69) is 50.8 Å². The van der Waals surface area contributed by atoms with Crippen molar-refractivity contribution < 1.29 is 0 Å². The molecule has 2 rings (SSSR count). The van der Waals surface area contributed by atoms with Crippen LogP contribution in [0.5, 0.6) is 0 Å². The Bertz CT molecular complexity index is 177. The Kier molecular flexibility index (Phi) is 7.22. The molecular formula is C10H10Tl2. The van der Waals surface area contributed by atoms with Gasteiger partial charge in [-0.15, -0.1) is 0 Å². The molecule has 2 aliphatic heterocycles. The SMILES string of the molecule is C1=C[CH]=[Tl][CH]=C1.C1=C[CH]=[Tl][CH]=C1. The van der Waals surface area contributed by atoms with Crippen LogP contribution in [0.1, 0.15) is 0 Å². The van der Waals surface area contributed by atoms with E-state index in [1.54, 1.807) is 0 Å². The van der Waals surface area contributed by atoms with Crippen LogP contribution in [0.25, 0.3) is 0 Å². The molecule has 0 radical (unpaired) electrons. The number of allylic oxidation sites excluding steroid dienone is 6. The van der Waals surface area contributed by atoms with Gasteiger partial charge >= 0.3 is 98.3 Å². The van der Waals surface area contributed by atoms with Crippen LogP contribution in [0.15, 0.2) is 43.7 Å². The Balaban J connectivity index is 0.000000120. The van der Waals surface area contributed by atoms with Crippen molar-refractivity contribution in [3.8, 4) is 0 Å². The summed E-state index contributed by atoms with van der Waals surface area (Å²) in [5.41, 5.74) is 0. The molecule has 2 heteroatoms. The van der Waals surface area contributed by atoms with E-state index in [-0.39, 0.29) is 47.5 Å². The van der Waals surface area contributed by atoms with Crippen LogP contribution in [0.4, 0.5) is 0 Å². The molecule has 0 N–H and O–H groups in total. The Labute approximate surface area is 97.1 Å². The standard InChI is InChI=1S/2C5H5.2Tl/c2*1-3-5-4-2;;/h2*1-5H;;. The van der Waals surface area contributed by atoms with E-state index in [4.69, 9.17) is 0 Å². The van der Waals surface area contributed by atoms with Crippen LogP contribution in [0.2, 0.25) is 0 Å². The maximum atomic E-state index is 2.33. The van der Waals surface area contributed by atoms with Crippen molar-refractivity contribution in [1.29, 1.82) is 0 Å². The Morgan fingerprint density at radius 1 is 0.500 bits per heavy atom. The maximum absolute atomic E-state index is 2.33. The van der Waals surface area contributed by atoms with Gasteiger partial charge < -0.3 is 0 Å². The van der Waals surface area contributed by atoms with Crippen molar-refractivity contribution in [3.05, 3.63) is 43.7 Å². The van der Waals surface area contributed by atoms with Gasteiger partial charge in [0, 0.05) is 0 Å². The van der Waals surface area contributed by atoms with Crippen LogP contribution in [0, 0.1) is 0 Å². The second-order valence-corrected chi connectivity index (χ2v) is 11.3. The van der Waals surface area contributed by atoms with Crippen LogP contribution in [-0.2, 0) is 0 Å². The molecule has 0 aromatic carbocycles. The average Bonchev–Trinajstić information content (AvgIpc) is 2.24. The fourth-order valence-corrected chi connectivity index (χ4v) is 5.76. The minimum atomic E-state index is -0.380. The zero-order valence-electron chi connectivity index (χ0n) is 6.93. The topological polar surface area (TPSA) is 0 Å². The summed E-state index contributed by atoms with van der Waals surface area (Å²) in [6, 6.07) is 0. The number of hydrogen-bond donors (Lipinski definition) is 0. The van der Waals surface area contributed by atoms with Gasteiger partial charge in [-0.3, -0.25) is 0 Å². The van der Waals surface area contributed by atoms with Crippen LogP contribution in [0.3, 0.4) is 0 Å². The molecule has 0 aliphatic carbocycles. The first kappa shape index (κ1) is 10.6. The quantitative estimate of drug-likeness (QED) is 0.406. The fourth-order valence-electron chi connectivity index (χ4n) is 0.770. The van der Waals surface area contributed by atoms with Crippen molar-refractivity contribution in [2.24, 2.45) is 0 Å². The summed E-state index contributed by atoms with van der Waals surface area (Å²) in [5, 5.41) is 0. The Morgan fingerprint density at radius 3 is 1.08 bits per heavy atom. The van der Waals surface area contributed by atoms with E-state index >= 15 is 0 Å². The van der Waals surface area contributed by atoms with Crippen LogP contribution >= 0.6 is 0 Å². The molecule has 0 aromatic rings. The third-order valence-electron chi connectivity index (χ3n) is 1.33. The summed E-state index contributed by atoms with van der Waals surface area (Å²) < 4.78 is 9.33. The molecule has 0 aromatic heterocycles. The van der Waals surface area contributed by atoms with Gasteiger partial charge in [0.1, 0.15) is 0 Å². The normalized spacial score (nSPS) is 14.7. The van der Waals surface area contributed by atoms with Crippen molar-refractivity contribution in [1.82, 2.24) is 0 Å². The first-order chi connectivity index (χ1) is 6.00. The zero-order valence-corrected chi connectivity index (χ0v) is 15.9. The summed E-state index contributed by atoms with van der Waals surface area (Å²) in [6.07, 6.45) is 12.8.